The number of H-pyrrole nitrogens is 2. The van der Waals surface area contributed by atoms with Gasteiger partial charge in [0.1, 0.15) is 5.82 Å². The molecule has 0 fully saturated rings. The van der Waals surface area contributed by atoms with Crippen LogP contribution in [0.5, 0.6) is 0 Å². The van der Waals surface area contributed by atoms with E-state index in [1.165, 1.54) is 6.07 Å². The van der Waals surface area contributed by atoms with Crippen molar-refractivity contribution >= 4 is 17.8 Å². The van der Waals surface area contributed by atoms with Gasteiger partial charge in [0, 0.05) is 29.6 Å². The minimum absolute atomic E-state index is 0.279. The lowest BCUT2D eigenvalue weighted by molar-refractivity contribution is 0.830. The number of benzene rings is 2. The molecule has 0 amide bonds. The average Bonchev–Trinajstić information content (AvgIpc) is 3.14. The standard InChI is InChI=1S/C22H19N5O2S/c28-20-15-17(23-21(29)24-20)14-19-25-26-22(27(19)18-11-5-2-6-12-18)30-13-7-10-16-8-3-1-4-9-16/h1-12,15H,13-14H2,(H2,23,24,28,29)/b10-7+. The minimum atomic E-state index is -0.538. The van der Waals surface area contributed by atoms with Crippen LogP contribution < -0.4 is 11.2 Å². The largest absolute Gasteiger partial charge is 0.325 e. The lowest BCUT2D eigenvalue weighted by atomic mass is 10.2. The van der Waals surface area contributed by atoms with Gasteiger partial charge in [-0.3, -0.25) is 14.3 Å². The van der Waals surface area contributed by atoms with Gasteiger partial charge in [0.2, 0.25) is 0 Å². The molecular weight excluding hydrogens is 398 g/mol. The van der Waals surface area contributed by atoms with Gasteiger partial charge >= 0.3 is 5.69 Å². The Hall–Kier alpha value is -3.65. The van der Waals surface area contributed by atoms with Crippen LogP contribution >= 0.6 is 11.8 Å². The van der Waals surface area contributed by atoms with Gasteiger partial charge in [-0.05, 0) is 17.7 Å². The molecule has 0 bridgehead atoms. The molecule has 0 aliphatic rings. The summed E-state index contributed by atoms with van der Waals surface area (Å²) in [5.41, 5.74) is 1.55. The number of para-hydroxylation sites is 1. The van der Waals surface area contributed by atoms with Crippen molar-refractivity contribution in [2.45, 2.75) is 11.6 Å². The summed E-state index contributed by atoms with van der Waals surface area (Å²) < 4.78 is 1.94. The van der Waals surface area contributed by atoms with Crippen LogP contribution in [0.25, 0.3) is 11.8 Å². The molecule has 0 aliphatic carbocycles. The van der Waals surface area contributed by atoms with Gasteiger partial charge in [0.25, 0.3) is 5.56 Å². The summed E-state index contributed by atoms with van der Waals surface area (Å²) in [5, 5.41) is 9.40. The molecular formula is C22H19N5O2S. The Morgan fingerprint density at radius 1 is 0.933 bits per heavy atom. The van der Waals surface area contributed by atoms with Gasteiger partial charge in [-0.1, -0.05) is 72.4 Å². The molecule has 0 unspecified atom stereocenters. The second-order valence-electron chi connectivity index (χ2n) is 6.48. The highest BCUT2D eigenvalue weighted by molar-refractivity contribution is 7.99. The summed E-state index contributed by atoms with van der Waals surface area (Å²) in [6, 6.07) is 21.2. The third-order valence-electron chi connectivity index (χ3n) is 4.30. The van der Waals surface area contributed by atoms with E-state index in [1.807, 2.05) is 65.2 Å². The van der Waals surface area contributed by atoms with E-state index < -0.39 is 11.2 Å². The van der Waals surface area contributed by atoms with Crippen molar-refractivity contribution in [3.05, 3.63) is 111 Å². The SMILES string of the molecule is O=c1cc(Cc2nnc(SC/C=C/c3ccccc3)n2-c2ccccc2)[nH]c(=O)[nH]1. The number of aromatic amines is 2. The molecule has 2 N–H and O–H groups in total. The average molecular weight is 417 g/mol. The lowest BCUT2D eigenvalue weighted by Gasteiger charge is -2.09. The molecule has 0 saturated carbocycles. The molecule has 2 aromatic heterocycles. The second kappa shape index (κ2) is 9.23. The van der Waals surface area contributed by atoms with E-state index in [0.29, 0.717) is 11.5 Å². The highest BCUT2D eigenvalue weighted by Crippen LogP contribution is 2.23. The zero-order chi connectivity index (χ0) is 20.8. The summed E-state index contributed by atoms with van der Waals surface area (Å²) >= 11 is 1.56. The Kier molecular flexibility index (Phi) is 6.05. The maximum absolute atomic E-state index is 11.6. The van der Waals surface area contributed by atoms with Crippen molar-refractivity contribution in [1.82, 2.24) is 24.7 Å². The molecule has 0 atom stereocenters. The smallest absolute Gasteiger partial charge is 0.311 e. The molecule has 2 heterocycles. The molecule has 2 aromatic carbocycles. The number of nitrogens with one attached hydrogen (secondary N) is 2. The minimum Gasteiger partial charge on any atom is -0.311 e. The molecule has 4 rings (SSSR count). The van der Waals surface area contributed by atoms with E-state index in [4.69, 9.17) is 0 Å². The first-order valence-corrected chi connectivity index (χ1v) is 10.3. The van der Waals surface area contributed by atoms with Crippen molar-refractivity contribution in [2.75, 3.05) is 5.75 Å². The molecule has 8 heteroatoms. The van der Waals surface area contributed by atoms with Gasteiger partial charge in [-0.2, -0.15) is 0 Å². The molecule has 150 valence electrons. The summed E-state index contributed by atoms with van der Waals surface area (Å²) in [7, 11) is 0. The predicted octanol–water partition coefficient (Wildman–Crippen LogP) is 3.04. The Morgan fingerprint density at radius 2 is 1.67 bits per heavy atom. The number of rotatable bonds is 7. The first kappa shape index (κ1) is 19.7. The number of hydrogen-bond acceptors (Lipinski definition) is 5. The van der Waals surface area contributed by atoms with E-state index in [2.05, 4.69) is 32.3 Å². The highest BCUT2D eigenvalue weighted by atomic mass is 32.2. The molecule has 30 heavy (non-hydrogen) atoms. The fraction of sp³-hybridized carbons (Fsp3) is 0.0909. The van der Waals surface area contributed by atoms with Gasteiger partial charge in [-0.25, -0.2) is 4.79 Å². The third kappa shape index (κ3) is 4.84. The predicted molar refractivity (Wildman–Crippen MR) is 118 cm³/mol. The lowest BCUT2D eigenvalue weighted by Crippen LogP contribution is -2.23. The van der Waals surface area contributed by atoms with Crippen LogP contribution in [-0.4, -0.2) is 30.5 Å². The molecule has 0 aliphatic heterocycles. The van der Waals surface area contributed by atoms with Gasteiger partial charge in [0.15, 0.2) is 5.16 Å². The quantitative estimate of drug-likeness (QED) is 0.451. The first-order chi connectivity index (χ1) is 14.7. The van der Waals surface area contributed by atoms with Gasteiger partial charge < -0.3 is 4.98 Å². The van der Waals surface area contributed by atoms with E-state index in [9.17, 15) is 9.59 Å². The summed E-state index contributed by atoms with van der Waals surface area (Å²) in [5.74, 6) is 1.36. The summed E-state index contributed by atoms with van der Waals surface area (Å²) in [6.07, 6.45) is 4.43. The number of aromatic nitrogens is 5. The Labute approximate surface area is 176 Å². The van der Waals surface area contributed by atoms with Crippen molar-refractivity contribution < 1.29 is 0 Å². The van der Waals surface area contributed by atoms with Gasteiger partial charge in [0.05, 0.1) is 0 Å². The fourth-order valence-corrected chi connectivity index (χ4v) is 3.78. The van der Waals surface area contributed by atoms with Crippen LogP contribution in [0.2, 0.25) is 0 Å². The van der Waals surface area contributed by atoms with Gasteiger partial charge in [-0.15, -0.1) is 10.2 Å². The molecule has 0 spiro atoms. The normalized spacial score (nSPS) is 11.2. The maximum atomic E-state index is 11.6. The number of hydrogen-bond donors (Lipinski definition) is 2. The topological polar surface area (TPSA) is 96.4 Å². The summed E-state index contributed by atoms with van der Waals surface area (Å²) in [4.78, 5) is 28.0. The monoisotopic (exact) mass is 417 g/mol. The molecule has 4 aromatic rings. The zero-order valence-electron chi connectivity index (χ0n) is 16.0. The Morgan fingerprint density at radius 3 is 2.40 bits per heavy atom. The van der Waals surface area contributed by atoms with Crippen LogP contribution in [0.4, 0.5) is 0 Å². The van der Waals surface area contributed by atoms with Crippen LogP contribution in [-0.2, 0) is 6.42 Å². The van der Waals surface area contributed by atoms with Crippen LogP contribution in [0.1, 0.15) is 17.1 Å². The maximum Gasteiger partial charge on any atom is 0.325 e. The van der Waals surface area contributed by atoms with Crippen molar-refractivity contribution in [1.29, 1.82) is 0 Å². The third-order valence-corrected chi connectivity index (χ3v) is 5.18. The highest BCUT2D eigenvalue weighted by Gasteiger charge is 2.15. The van der Waals surface area contributed by atoms with E-state index in [0.717, 1.165) is 22.2 Å². The van der Waals surface area contributed by atoms with Crippen LogP contribution in [0.15, 0.2) is 87.6 Å². The molecule has 7 nitrogen and oxygen atoms in total. The second-order valence-corrected chi connectivity index (χ2v) is 7.47. The number of nitrogens with zero attached hydrogens (tertiary/aromatic N) is 3. The fourth-order valence-electron chi connectivity index (χ4n) is 3.00. The van der Waals surface area contributed by atoms with E-state index in [-0.39, 0.29) is 6.42 Å². The molecule has 0 radical (unpaired) electrons. The Balaban J connectivity index is 1.60. The first-order valence-electron chi connectivity index (χ1n) is 9.36. The molecule has 0 saturated heterocycles. The van der Waals surface area contributed by atoms with E-state index >= 15 is 0 Å². The van der Waals surface area contributed by atoms with Crippen molar-refractivity contribution in [2.24, 2.45) is 0 Å². The summed E-state index contributed by atoms with van der Waals surface area (Å²) in [6.45, 7) is 0. The van der Waals surface area contributed by atoms with Crippen molar-refractivity contribution in [3.63, 3.8) is 0 Å². The van der Waals surface area contributed by atoms with Crippen LogP contribution in [0, 0.1) is 0 Å². The zero-order valence-corrected chi connectivity index (χ0v) is 16.8. The number of thioether (sulfide) groups is 1. The van der Waals surface area contributed by atoms with E-state index in [1.54, 1.807) is 11.8 Å². The van der Waals surface area contributed by atoms with Crippen LogP contribution in [0.3, 0.4) is 0 Å². The Bertz CT molecular complexity index is 1230. The van der Waals surface area contributed by atoms with Crippen molar-refractivity contribution in [3.8, 4) is 5.69 Å².